The van der Waals surface area contributed by atoms with Crippen LogP contribution in [0.15, 0.2) is 18.2 Å². The molecule has 1 aromatic rings. The Hall–Kier alpha value is -2.23. The highest BCUT2D eigenvalue weighted by Gasteiger charge is 2.39. The van der Waals surface area contributed by atoms with Crippen molar-refractivity contribution in [2.45, 2.75) is 31.5 Å². The topological polar surface area (TPSA) is 53.3 Å². The van der Waals surface area contributed by atoms with Crippen molar-refractivity contribution in [2.75, 3.05) is 13.7 Å². The second-order valence-corrected chi connectivity index (χ2v) is 5.03. The summed E-state index contributed by atoms with van der Waals surface area (Å²) in [6, 6.07) is 4.62. The number of amides is 1. The maximum absolute atomic E-state index is 13.2. The smallest absolute Gasteiger partial charge is 0.416 e. The monoisotopic (exact) mass is 312 g/mol. The largest absolute Gasteiger partial charge is 0.497 e. The highest BCUT2D eigenvalue weighted by Crippen LogP contribution is 2.42. The number of benzene rings is 1. The Morgan fingerprint density at radius 2 is 2.23 bits per heavy atom. The van der Waals surface area contributed by atoms with E-state index < -0.39 is 23.7 Å². The van der Waals surface area contributed by atoms with E-state index in [1.54, 1.807) is 6.07 Å². The number of carbonyl (C=O) groups is 1. The van der Waals surface area contributed by atoms with E-state index in [2.05, 4.69) is 0 Å². The van der Waals surface area contributed by atoms with Gasteiger partial charge in [-0.3, -0.25) is 4.79 Å². The van der Waals surface area contributed by atoms with Crippen molar-refractivity contribution in [3.63, 3.8) is 0 Å². The Balaban J connectivity index is 2.45. The second kappa shape index (κ2) is 6.26. The molecule has 2 rings (SSSR count). The minimum absolute atomic E-state index is 0.0237. The van der Waals surface area contributed by atoms with Gasteiger partial charge in [-0.1, -0.05) is 0 Å². The minimum atomic E-state index is -4.51. The zero-order valence-electron chi connectivity index (χ0n) is 12.0. The molecule has 1 aromatic carbocycles. The van der Waals surface area contributed by atoms with Crippen LogP contribution in [0.3, 0.4) is 0 Å². The highest BCUT2D eigenvalue weighted by atomic mass is 19.4. The number of likely N-dealkylation sites (tertiary alicyclic amines) is 1. The Labute approximate surface area is 126 Å². The molecule has 1 amide bonds. The fourth-order valence-electron chi connectivity index (χ4n) is 2.76. The van der Waals surface area contributed by atoms with Crippen molar-refractivity contribution in [3.8, 4) is 11.8 Å². The van der Waals surface area contributed by atoms with Crippen LogP contribution in [0.1, 0.15) is 36.4 Å². The standard InChI is InChI=1S/C15H15F3N2O2/c1-22-10-4-5-12(15(16,17)18)11(9-10)13-3-2-8-20(13)14(21)6-7-19/h4-5,9,13H,2-3,6,8H2,1H3. The van der Waals surface area contributed by atoms with Gasteiger partial charge in [0, 0.05) is 6.54 Å². The summed E-state index contributed by atoms with van der Waals surface area (Å²) in [7, 11) is 1.37. The maximum atomic E-state index is 13.2. The second-order valence-electron chi connectivity index (χ2n) is 5.03. The number of hydrogen-bond acceptors (Lipinski definition) is 3. The van der Waals surface area contributed by atoms with Crippen LogP contribution in [0.4, 0.5) is 13.2 Å². The molecule has 0 aliphatic carbocycles. The molecule has 0 aromatic heterocycles. The first-order chi connectivity index (χ1) is 10.4. The molecule has 4 nitrogen and oxygen atoms in total. The summed E-state index contributed by atoms with van der Waals surface area (Å²) in [6.45, 7) is 0.361. The van der Waals surface area contributed by atoms with Crippen LogP contribution in [0, 0.1) is 11.3 Å². The average molecular weight is 312 g/mol. The van der Waals surface area contributed by atoms with Crippen molar-refractivity contribution in [1.29, 1.82) is 5.26 Å². The lowest BCUT2D eigenvalue weighted by Crippen LogP contribution is -2.31. The number of ether oxygens (including phenoxy) is 1. The molecule has 1 aliphatic rings. The number of hydrogen-bond donors (Lipinski definition) is 0. The van der Waals surface area contributed by atoms with Crippen LogP contribution in [0.2, 0.25) is 0 Å². The number of carbonyl (C=O) groups excluding carboxylic acids is 1. The van der Waals surface area contributed by atoms with Gasteiger partial charge in [-0.05, 0) is 36.6 Å². The van der Waals surface area contributed by atoms with Gasteiger partial charge in [0.05, 0.1) is 24.8 Å². The number of nitriles is 1. The van der Waals surface area contributed by atoms with Crippen LogP contribution < -0.4 is 4.74 Å². The van der Waals surface area contributed by atoms with E-state index in [1.807, 2.05) is 0 Å². The Bertz CT molecular complexity index is 608. The Morgan fingerprint density at radius 3 is 2.82 bits per heavy atom. The molecule has 0 radical (unpaired) electrons. The van der Waals surface area contributed by atoms with Gasteiger partial charge in [0.15, 0.2) is 0 Å². The lowest BCUT2D eigenvalue weighted by molar-refractivity contribution is -0.140. The van der Waals surface area contributed by atoms with Gasteiger partial charge in [-0.15, -0.1) is 0 Å². The van der Waals surface area contributed by atoms with Crippen molar-refractivity contribution in [3.05, 3.63) is 29.3 Å². The van der Waals surface area contributed by atoms with Crippen LogP contribution in [0.25, 0.3) is 0 Å². The molecule has 1 aliphatic heterocycles. The summed E-state index contributed by atoms with van der Waals surface area (Å²) in [5.41, 5.74) is -0.745. The predicted octanol–water partition coefficient (Wildman–Crippen LogP) is 3.29. The number of alkyl halides is 3. The summed E-state index contributed by atoms with van der Waals surface area (Å²) in [6.07, 6.45) is -3.79. The first kappa shape index (κ1) is 16.1. The third-order valence-corrected chi connectivity index (χ3v) is 3.73. The minimum Gasteiger partial charge on any atom is -0.497 e. The molecule has 0 bridgehead atoms. The molecule has 22 heavy (non-hydrogen) atoms. The van der Waals surface area contributed by atoms with Gasteiger partial charge in [0.2, 0.25) is 5.91 Å². The summed E-state index contributed by atoms with van der Waals surface area (Å²) in [4.78, 5) is 13.3. The summed E-state index contributed by atoms with van der Waals surface area (Å²) in [5.74, 6) is -0.136. The van der Waals surface area contributed by atoms with E-state index in [0.717, 1.165) is 6.07 Å². The first-order valence-electron chi connectivity index (χ1n) is 6.80. The third kappa shape index (κ3) is 3.16. The molecule has 0 spiro atoms. The van der Waals surface area contributed by atoms with Gasteiger partial charge in [0.25, 0.3) is 0 Å². The Morgan fingerprint density at radius 1 is 1.50 bits per heavy atom. The summed E-state index contributed by atoms with van der Waals surface area (Å²) in [5, 5.41) is 8.62. The maximum Gasteiger partial charge on any atom is 0.416 e. The van der Waals surface area contributed by atoms with E-state index in [0.29, 0.717) is 25.1 Å². The van der Waals surface area contributed by atoms with Gasteiger partial charge in [-0.2, -0.15) is 18.4 Å². The van der Waals surface area contributed by atoms with E-state index in [-0.39, 0.29) is 12.0 Å². The van der Waals surface area contributed by atoms with Crippen LogP contribution in [-0.2, 0) is 11.0 Å². The summed E-state index contributed by atoms with van der Waals surface area (Å²) < 4.78 is 44.7. The molecule has 1 fully saturated rings. The first-order valence-corrected chi connectivity index (χ1v) is 6.80. The molecule has 1 saturated heterocycles. The SMILES string of the molecule is COc1ccc(C(F)(F)F)c(C2CCCN2C(=O)CC#N)c1. The normalized spacial score (nSPS) is 18.1. The molecule has 0 N–H and O–H groups in total. The molecule has 1 atom stereocenters. The van der Waals surface area contributed by atoms with E-state index in [9.17, 15) is 18.0 Å². The number of rotatable bonds is 3. The number of methoxy groups -OCH3 is 1. The fourth-order valence-corrected chi connectivity index (χ4v) is 2.76. The van der Waals surface area contributed by atoms with Gasteiger partial charge >= 0.3 is 6.18 Å². The van der Waals surface area contributed by atoms with Crippen molar-refractivity contribution in [1.82, 2.24) is 4.90 Å². The molecule has 118 valence electrons. The number of nitrogens with zero attached hydrogens (tertiary/aromatic N) is 2. The van der Waals surface area contributed by atoms with Crippen molar-refractivity contribution in [2.24, 2.45) is 0 Å². The average Bonchev–Trinajstić information content (AvgIpc) is 2.95. The van der Waals surface area contributed by atoms with Crippen LogP contribution >= 0.6 is 0 Å². The summed E-state index contributed by atoms with van der Waals surface area (Å²) >= 11 is 0. The zero-order chi connectivity index (χ0) is 16.3. The molecule has 7 heteroatoms. The van der Waals surface area contributed by atoms with Crippen LogP contribution in [-0.4, -0.2) is 24.5 Å². The lowest BCUT2D eigenvalue weighted by Gasteiger charge is -2.27. The van der Waals surface area contributed by atoms with Crippen LogP contribution in [0.5, 0.6) is 5.75 Å². The van der Waals surface area contributed by atoms with Gasteiger partial charge in [-0.25, -0.2) is 0 Å². The van der Waals surface area contributed by atoms with Gasteiger partial charge < -0.3 is 9.64 Å². The van der Waals surface area contributed by atoms with Crippen molar-refractivity contribution >= 4 is 5.91 Å². The van der Waals surface area contributed by atoms with E-state index in [1.165, 1.54) is 24.1 Å². The third-order valence-electron chi connectivity index (χ3n) is 3.73. The fraction of sp³-hybridized carbons (Fsp3) is 0.467. The number of halogens is 3. The van der Waals surface area contributed by atoms with Crippen molar-refractivity contribution < 1.29 is 22.7 Å². The van der Waals surface area contributed by atoms with Gasteiger partial charge in [0.1, 0.15) is 12.2 Å². The Kier molecular flexibility index (Phi) is 4.59. The van der Waals surface area contributed by atoms with E-state index >= 15 is 0 Å². The quantitative estimate of drug-likeness (QED) is 0.860. The molecular weight excluding hydrogens is 297 g/mol. The predicted molar refractivity (Wildman–Crippen MR) is 71.9 cm³/mol. The molecule has 1 heterocycles. The molecule has 0 saturated carbocycles. The highest BCUT2D eigenvalue weighted by molar-refractivity contribution is 5.79. The molecule has 1 unspecified atom stereocenters. The zero-order valence-corrected chi connectivity index (χ0v) is 12.0. The molecular formula is C15H15F3N2O2. The lowest BCUT2D eigenvalue weighted by atomic mass is 9.97. The van der Waals surface area contributed by atoms with E-state index in [4.69, 9.17) is 10.00 Å².